The predicted octanol–water partition coefficient (Wildman–Crippen LogP) is 5.77. The summed E-state index contributed by atoms with van der Waals surface area (Å²) in [6.07, 6.45) is 2.87. The van der Waals surface area contributed by atoms with Crippen molar-refractivity contribution in [2.75, 3.05) is 11.1 Å². The molecule has 4 rings (SSSR count). The van der Waals surface area contributed by atoms with Crippen molar-refractivity contribution in [2.45, 2.75) is 58.2 Å². The first kappa shape index (κ1) is 28.1. The third kappa shape index (κ3) is 6.22. The van der Waals surface area contributed by atoms with E-state index in [1.54, 1.807) is 35.9 Å². The van der Waals surface area contributed by atoms with Crippen molar-refractivity contribution in [3.63, 3.8) is 0 Å². The fourth-order valence-corrected chi connectivity index (χ4v) is 6.74. The first-order valence-corrected chi connectivity index (χ1v) is 14.6. The molecule has 1 aromatic carbocycles. The van der Waals surface area contributed by atoms with Crippen molar-refractivity contribution < 1.29 is 9.59 Å². The van der Waals surface area contributed by atoms with E-state index in [4.69, 9.17) is 11.6 Å². The molecule has 0 saturated carbocycles. The van der Waals surface area contributed by atoms with E-state index in [1.807, 2.05) is 6.92 Å². The molecule has 38 heavy (non-hydrogen) atoms. The summed E-state index contributed by atoms with van der Waals surface area (Å²) in [6, 6.07) is 8.56. The second-order valence-corrected chi connectivity index (χ2v) is 13.0. The molecule has 0 fully saturated rings. The van der Waals surface area contributed by atoms with Crippen LogP contribution in [-0.4, -0.2) is 32.3 Å². The molecule has 2 N–H and O–H groups in total. The van der Waals surface area contributed by atoms with E-state index in [1.165, 1.54) is 28.0 Å². The summed E-state index contributed by atoms with van der Waals surface area (Å²) in [5.41, 5.74) is 2.39. The van der Waals surface area contributed by atoms with Crippen molar-refractivity contribution in [1.82, 2.24) is 20.1 Å². The number of nitrogens with zero attached hydrogens (tertiary/aromatic N) is 4. The zero-order valence-corrected chi connectivity index (χ0v) is 24.5. The van der Waals surface area contributed by atoms with Crippen LogP contribution in [0.25, 0.3) is 0 Å². The molecule has 0 unspecified atom stereocenters. The highest BCUT2D eigenvalue weighted by atomic mass is 35.5. The maximum Gasteiger partial charge on any atom is 0.251 e. The molecule has 2 aromatic heterocycles. The summed E-state index contributed by atoms with van der Waals surface area (Å²) >= 11 is 8.68. The van der Waals surface area contributed by atoms with Crippen LogP contribution >= 0.6 is 34.7 Å². The topological polar surface area (TPSA) is 113 Å². The first-order valence-electron chi connectivity index (χ1n) is 12.4. The molecule has 3 aromatic rings. The summed E-state index contributed by atoms with van der Waals surface area (Å²) in [7, 11) is 1.80. The highest BCUT2D eigenvalue weighted by molar-refractivity contribution is 7.99. The standard InChI is InChI=1S/C27H31ClN6O2S2/c1-15(30-24(36)16-6-9-18(28)10-7-16)23-32-33-26(34(23)5)37-14-22(35)31-25-20(13-29)19-11-8-17(27(2,3)4)12-21(19)38-25/h6-7,9-10,15,17H,8,11-12,14H2,1-5H3,(H,30,36)(H,31,35)/t15-,17+/m0/s1. The van der Waals surface area contributed by atoms with E-state index >= 15 is 0 Å². The Bertz CT molecular complexity index is 1380. The molecule has 1 aliphatic rings. The van der Waals surface area contributed by atoms with E-state index in [9.17, 15) is 14.9 Å². The first-order chi connectivity index (χ1) is 18.0. The maximum atomic E-state index is 12.8. The number of carbonyl (C=O) groups excluding carboxylic acids is 2. The molecule has 0 bridgehead atoms. The molecule has 2 atom stereocenters. The lowest BCUT2D eigenvalue weighted by molar-refractivity contribution is -0.113. The minimum Gasteiger partial charge on any atom is -0.342 e. The van der Waals surface area contributed by atoms with Gasteiger partial charge in [0.05, 0.1) is 17.4 Å². The van der Waals surface area contributed by atoms with Gasteiger partial charge < -0.3 is 15.2 Å². The number of nitriles is 1. The number of rotatable bonds is 7. The molecular formula is C27H31ClN6O2S2. The molecule has 0 saturated heterocycles. The van der Waals surface area contributed by atoms with Crippen LogP contribution in [0.15, 0.2) is 29.4 Å². The quantitative estimate of drug-likeness (QED) is 0.348. The third-order valence-corrected chi connectivity index (χ3v) is 9.34. The van der Waals surface area contributed by atoms with E-state index < -0.39 is 6.04 Å². The predicted molar refractivity (Wildman–Crippen MR) is 152 cm³/mol. The van der Waals surface area contributed by atoms with Crippen molar-refractivity contribution in [1.29, 1.82) is 5.26 Å². The Kier molecular flexibility index (Phi) is 8.50. The Morgan fingerprint density at radius 2 is 2.00 bits per heavy atom. The molecule has 200 valence electrons. The molecule has 0 aliphatic heterocycles. The largest absolute Gasteiger partial charge is 0.342 e. The third-order valence-electron chi connectivity index (χ3n) is 6.90. The smallest absolute Gasteiger partial charge is 0.251 e. The molecule has 2 amide bonds. The number of anilines is 1. The van der Waals surface area contributed by atoms with Gasteiger partial charge in [-0.3, -0.25) is 9.59 Å². The number of fused-ring (bicyclic) bond motifs is 1. The zero-order chi connectivity index (χ0) is 27.6. The van der Waals surface area contributed by atoms with Crippen LogP contribution in [0.2, 0.25) is 5.02 Å². The highest BCUT2D eigenvalue weighted by Gasteiger charge is 2.32. The van der Waals surface area contributed by atoms with Crippen LogP contribution in [0.1, 0.15) is 72.3 Å². The number of aromatic nitrogens is 3. The van der Waals surface area contributed by atoms with Gasteiger partial charge in [0.2, 0.25) is 5.91 Å². The molecule has 0 radical (unpaired) electrons. The van der Waals surface area contributed by atoms with Gasteiger partial charge in [0.25, 0.3) is 5.91 Å². The van der Waals surface area contributed by atoms with E-state index in [-0.39, 0.29) is 23.0 Å². The van der Waals surface area contributed by atoms with Gasteiger partial charge in [-0.05, 0) is 67.3 Å². The van der Waals surface area contributed by atoms with Crippen LogP contribution < -0.4 is 10.6 Å². The average Bonchev–Trinajstić information content (AvgIpc) is 3.41. The second-order valence-electron chi connectivity index (χ2n) is 10.6. The number of hydrogen-bond donors (Lipinski definition) is 2. The molecule has 0 spiro atoms. The number of hydrogen-bond acceptors (Lipinski definition) is 7. The lowest BCUT2D eigenvalue weighted by Gasteiger charge is -2.33. The number of amides is 2. The number of nitrogens with one attached hydrogen (secondary N) is 2. The Morgan fingerprint density at radius 1 is 1.29 bits per heavy atom. The Morgan fingerprint density at radius 3 is 2.66 bits per heavy atom. The van der Waals surface area contributed by atoms with Gasteiger partial charge >= 0.3 is 0 Å². The summed E-state index contributed by atoms with van der Waals surface area (Å²) < 4.78 is 1.77. The number of thiophene rings is 1. The minimum atomic E-state index is -0.397. The van der Waals surface area contributed by atoms with Crippen LogP contribution in [0.3, 0.4) is 0 Å². The number of halogens is 1. The molecular weight excluding hydrogens is 540 g/mol. The van der Waals surface area contributed by atoms with Crippen LogP contribution in [0.5, 0.6) is 0 Å². The van der Waals surface area contributed by atoms with Gasteiger partial charge in [-0.1, -0.05) is 44.1 Å². The summed E-state index contributed by atoms with van der Waals surface area (Å²) in [5, 5.41) is 25.8. The second kappa shape index (κ2) is 11.5. The number of thioether (sulfide) groups is 1. The Labute approximate surface area is 236 Å². The van der Waals surface area contributed by atoms with Gasteiger partial charge in [0.15, 0.2) is 11.0 Å². The minimum absolute atomic E-state index is 0.121. The van der Waals surface area contributed by atoms with Gasteiger partial charge in [0.1, 0.15) is 11.1 Å². The van der Waals surface area contributed by atoms with Crippen LogP contribution in [0, 0.1) is 22.7 Å². The monoisotopic (exact) mass is 570 g/mol. The lowest BCUT2D eigenvalue weighted by atomic mass is 9.72. The molecule has 11 heteroatoms. The Hall–Kier alpha value is -2.87. The lowest BCUT2D eigenvalue weighted by Crippen LogP contribution is -2.28. The van der Waals surface area contributed by atoms with E-state index in [2.05, 4.69) is 47.7 Å². The Balaban J connectivity index is 1.36. The van der Waals surface area contributed by atoms with E-state index in [0.29, 0.717) is 38.0 Å². The van der Waals surface area contributed by atoms with Crippen molar-refractivity contribution in [2.24, 2.45) is 18.4 Å². The van der Waals surface area contributed by atoms with Crippen molar-refractivity contribution in [3.05, 3.63) is 56.7 Å². The van der Waals surface area contributed by atoms with Crippen LogP contribution in [0.4, 0.5) is 5.00 Å². The van der Waals surface area contributed by atoms with Crippen LogP contribution in [-0.2, 0) is 24.7 Å². The fraction of sp³-hybridized carbons (Fsp3) is 0.444. The summed E-state index contributed by atoms with van der Waals surface area (Å²) in [5.74, 6) is 0.803. The van der Waals surface area contributed by atoms with Gasteiger partial charge in [0, 0.05) is 22.5 Å². The van der Waals surface area contributed by atoms with Gasteiger partial charge in [-0.25, -0.2) is 0 Å². The van der Waals surface area contributed by atoms with Gasteiger partial charge in [-0.2, -0.15) is 5.26 Å². The zero-order valence-electron chi connectivity index (χ0n) is 22.1. The maximum absolute atomic E-state index is 12.8. The van der Waals surface area contributed by atoms with E-state index in [0.717, 1.165) is 24.8 Å². The molecule has 8 nitrogen and oxygen atoms in total. The number of benzene rings is 1. The normalized spacial score (nSPS) is 15.9. The molecule has 1 aliphatic carbocycles. The highest BCUT2D eigenvalue weighted by Crippen LogP contribution is 2.44. The number of carbonyl (C=O) groups is 2. The SMILES string of the molecule is C[C@H](NC(=O)c1ccc(Cl)cc1)c1nnc(SCC(=O)Nc2sc3c(c2C#N)CC[C@@H](C(C)(C)C)C3)n1C. The fourth-order valence-electron chi connectivity index (χ4n) is 4.60. The summed E-state index contributed by atoms with van der Waals surface area (Å²) in [4.78, 5) is 26.6. The average molecular weight is 571 g/mol. The molecule has 2 heterocycles. The van der Waals surface area contributed by atoms with Crippen molar-refractivity contribution in [3.8, 4) is 6.07 Å². The van der Waals surface area contributed by atoms with Gasteiger partial charge in [-0.15, -0.1) is 21.5 Å². The van der Waals surface area contributed by atoms with Crippen molar-refractivity contribution >= 4 is 51.5 Å². The summed E-state index contributed by atoms with van der Waals surface area (Å²) in [6.45, 7) is 8.60.